The molecule has 5 heteroatoms. The van der Waals surface area contributed by atoms with Crippen LogP contribution in [0.25, 0.3) is 0 Å². The van der Waals surface area contributed by atoms with E-state index in [0.29, 0.717) is 0 Å². The Morgan fingerprint density at radius 2 is 1.68 bits per heavy atom. The molecule has 0 bridgehead atoms. The highest BCUT2D eigenvalue weighted by molar-refractivity contribution is 5.65. The zero-order valence-electron chi connectivity index (χ0n) is 13.5. The van der Waals surface area contributed by atoms with Crippen LogP contribution in [0.1, 0.15) is 11.1 Å². The van der Waals surface area contributed by atoms with E-state index in [-0.39, 0.29) is 0 Å². The van der Waals surface area contributed by atoms with E-state index in [1.165, 1.54) is 11.1 Å². The number of para-hydroxylation sites is 1. The summed E-state index contributed by atoms with van der Waals surface area (Å²) < 4.78 is 0. The van der Waals surface area contributed by atoms with E-state index in [4.69, 9.17) is 0 Å². The van der Waals surface area contributed by atoms with Gasteiger partial charge in [0.05, 0.1) is 0 Å². The predicted molar refractivity (Wildman–Crippen MR) is 90.9 cm³/mol. The molecule has 5 nitrogen and oxygen atoms in total. The first kappa shape index (κ1) is 14.8. The Morgan fingerprint density at radius 3 is 2.36 bits per heavy atom. The number of rotatable bonds is 3. The zero-order valence-corrected chi connectivity index (χ0v) is 13.5. The Bertz CT molecular complexity index is 627. The molecular weight excluding hydrogens is 274 g/mol. The van der Waals surface area contributed by atoms with Gasteiger partial charge in [0.25, 0.3) is 0 Å². The van der Waals surface area contributed by atoms with Gasteiger partial charge in [0.1, 0.15) is 18.0 Å². The number of likely N-dealkylation sites (N-methyl/N-ethyl adjacent to an activating group) is 1. The second-order valence-corrected chi connectivity index (χ2v) is 5.94. The van der Waals surface area contributed by atoms with Crippen molar-refractivity contribution in [1.29, 1.82) is 0 Å². The van der Waals surface area contributed by atoms with E-state index >= 15 is 0 Å². The van der Waals surface area contributed by atoms with E-state index in [2.05, 4.69) is 64.2 Å². The Balaban J connectivity index is 1.79. The standard InChI is InChI=1S/C17H23N5/c1-13-5-4-6-14(2)17(13)20-15-11-16(19-12-18-15)22-9-7-21(3)8-10-22/h4-6,11-12H,7-10H2,1-3H3,(H,18,19,20). The van der Waals surface area contributed by atoms with Crippen LogP contribution in [0.4, 0.5) is 17.3 Å². The van der Waals surface area contributed by atoms with Crippen molar-refractivity contribution in [3.8, 4) is 0 Å². The number of anilines is 3. The molecule has 1 fully saturated rings. The molecule has 1 aliphatic heterocycles. The van der Waals surface area contributed by atoms with Crippen molar-refractivity contribution in [2.75, 3.05) is 43.4 Å². The molecule has 22 heavy (non-hydrogen) atoms. The molecule has 2 heterocycles. The van der Waals surface area contributed by atoms with Gasteiger partial charge in [0.2, 0.25) is 0 Å². The molecule has 1 aromatic carbocycles. The first-order valence-electron chi connectivity index (χ1n) is 7.72. The minimum absolute atomic E-state index is 0.848. The van der Waals surface area contributed by atoms with E-state index in [9.17, 15) is 0 Å². The van der Waals surface area contributed by atoms with Gasteiger partial charge in [-0.05, 0) is 32.0 Å². The second-order valence-electron chi connectivity index (χ2n) is 5.94. The van der Waals surface area contributed by atoms with Crippen molar-refractivity contribution in [1.82, 2.24) is 14.9 Å². The summed E-state index contributed by atoms with van der Waals surface area (Å²) in [5.41, 5.74) is 3.57. The van der Waals surface area contributed by atoms with Crippen LogP contribution in [-0.2, 0) is 0 Å². The third kappa shape index (κ3) is 3.20. The van der Waals surface area contributed by atoms with Crippen LogP contribution in [0, 0.1) is 13.8 Å². The number of nitrogens with one attached hydrogen (secondary N) is 1. The lowest BCUT2D eigenvalue weighted by atomic mass is 10.1. The van der Waals surface area contributed by atoms with Crippen LogP contribution in [0.2, 0.25) is 0 Å². The highest BCUT2D eigenvalue weighted by Crippen LogP contribution is 2.24. The van der Waals surface area contributed by atoms with Crippen molar-refractivity contribution in [2.45, 2.75) is 13.8 Å². The summed E-state index contributed by atoms with van der Waals surface area (Å²) in [6.45, 7) is 8.38. The molecular formula is C17H23N5. The van der Waals surface area contributed by atoms with Crippen LogP contribution >= 0.6 is 0 Å². The van der Waals surface area contributed by atoms with Crippen molar-refractivity contribution >= 4 is 17.3 Å². The van der Waals surface area contributed by atoms with Gasteiger partial charge in [-0.3, -0.25) is 0 Å². The fourth-order valence-electron chi connectivity index (χ4n) is 2.76. The Labute approximate surface area is 132 Å². The second kappa shape index (κ2) is 6.32. The Morgan fingerprint density at radius 1 is 1.00 bits per heavy atom. The quantitative estimate of drug-likeness (QED) is 0.943. The number of benzene rings is 1. The molecule has 0 amide bonds. The van der Waals surface area contributed by atoms with Crippen LogP contribution < -0.4 is 10.2 Å². The first-order valence-corrected chi connectivity index (χ1v) is 7.72. The van der Waals surface area contributed by atoms with E-state index < -0.39 is 0 Å². The van der Waals surface area contributed by atoms with Crippen LogP contribution in [0.15, 0.2) is 30.6 Å². The van der Waals surface area contributed by atoms with Gasteiger partial charge < -0.3 is 15.1 Å². The molecule has 1 N–H and O–H groups in total. The summed E-state index contributed by atoms with van der Waals surface area (Å²) >= 11 is 0. The van der Waals surface area contributed by atoms with Gasteiger partial charge >= 0.3 is 0 Å². The Hall–Kier alpha value is -2.14. The lowest BCUT2D eigenvalue weighted by Crippen LogP contribution is -2.44. The minimum Gasteiger partial charge on any atom is -0.354 e. The van der Waals surface area contributed by atoms with E-state index in [1.807, 2.05) is 6.07 Å². The molecule has 3 rings (SSSR count). The number of hydrogen-bond acceptors (Lipinski definition) is 5. The molecule has 116 valence electrons. The lowest BCUT2D eigenvalue weighted by molar-refractivity contribution is 0.312. The van der Waals surface area contributed by atoms with Crippen LogP contribution in [0.3, 0.4) is 0 Å². The topological polar surface area (TPSA) is 44.3 Å². The van der Waals surface area contributed by atoms with Crippen molar-refractivity contribution in [2.24, 2.45) is 0 Å². The SMILES string of the molecule is Cc1cccc(C)c1Nc1cc(N2CCN(C)CC2)ncn1. The molecule has 2 aromatic rings. The van der Waals surface area contributed by atoms with Crippen molar-refractivity contribution in [3.63, 3.8) is 0 Å². The molecule has 1 saturated heterocycles. The van der Waals surface area contributed by atoms with Gasteiger partial charge in [0.15, 0.2) is 0 Å². The molecule has 0 atom stereocenters. The van der Waals surface area contributed by atoms with Crippen LogP contribution in [0.5, 0.6) is 0 Å². The predicted octanol–water partition coefficient (Wildman–Crippen LogP) is 2.59. The van der Waals surface area contributed by atoms with Gasteiger partial charge in [0, 0.05) is 37.9 Å². The van der Waals surface area contributed by atoms with E-state index in [1.54, 1.807) is 6.33 Å². The zero-order chi connectivity index (χ0) is 15.5. The fraction of sp³-hybridized carbons (Fsp3) is 0.412. The minimum atomic E-state index is 0.848. The average Bonchev–Trinajstić information content (AvgIpc) is 2.52. The number of piperazine rings is 1. The summed E-state index contributed by atoms with van der Waals surface area (Å²) in [4.78, 5) is 13.5. The summed E-state index contributed by atoms with van der Waals surface area (Å²) in [7, 11) is 2.16. The molecule has 1 aromatic heterocycles. The number of hydrogen-bond donors (Lipinski definition) is 1. The fourth-order valence-corrected chi connectivity index (χ4v) is 2.76. The summed E-state index contributed by atoms with van der Waals surface area (Å²) in [5, 5.41) is 3.44. The first-order chi connectivity index (χ1) is 10.6. The maximum atomic E-state index is 4.43. The third-order valence-corrected chi connectivity index (χ3v) is 4.21. The summed E-state index contributed by atoms with van der Waals surface area (Å²) in [5.74, 6) is 1.85. The molecule has 0 radical (unpaired) electrons. The van der Waals surface area contributed by atoms with Crippen molar-refractivity contribution in [3.05, 3.63) is 41.7 Å². The normalized spacial score (nSPS) is 15.9. The smallest absolute Gasteiger partial charge is 0.135 e. The molecule has 1 aliphatic rings. The average molecular weight is 297 g/mol. The van der Waals surface area contributed by atoms with Gasteiger partial charge in [-0.25, -0.2) is 9.97 Å². The maximum absolute atomic E-state index is 4.43. The monoisotopic (exact) mass is 297 g/mol. The highest BCUT2D eigenvalue weighted by Gasteiger charge is 2.16. The highest BCUT2D eigenvalue weighted by atomic mass is 15.3. The van der Waals surface area contributed by atoms with E-state index in [0.717, 1.165) is 43.5 Å². The summed E-state index contributed by atoms with van der Waals surface area (Å²) in [6, 6.07) is 8.33. The largest absolute Gasteiger partial charge is 0.354 e. The molecule has 0 saturated carbocycles. The number of nitrogens with zero attached hydrogens (tertiary/aromatic N) is 4. The molecule has 0 unspecified atom stereocenters. The van der Waals surface area contributed by atoms with Gasteiger partial charge in [-0.2, -0.15) is 0 Å². The maximum Gasteiger partial charge on any atom is 0.135 e. The number of aromatic nitrogens is 2. The Kier molecular flexibility index (Phi) is 4.24. The summed E-state index contributed by atoms with van der Waals surface area (Å²) in [6.07, 6.45) is 1.64. The molecule has 0 aliphatic carbocycles. The third-order valence-electron chi connectivity index (χ3n) is 4.21. The lowest BCUT2D eigenvalue weighted by Gasteiger charge is -2.33. The van der Waals surface area contributed by atoms with Gasteiger partial charge in [-0.1, -0.05) is 18.2 Å². The van der Waals surface area contributed by atoms with Crippen LogP contribution in [-0.4, -0.2) is 48.1 Å². The van der Waals surface area contributed by atoms with Gasteiger partial charge in [-0.15, -0.1) is 0 Å². The number of aryl methyl sites for hydroxylation is 2. The van der Waals surface area contributed by atoms with Crippen molar-refractivity contribution < 1.29 is 0 Å². The molecule has 0 spiro atoms.